The fourth-order valence-corrected chi connectivity index (χ4v) is 4.26. The number of carbonyl (C=O) groups is 1. The molecule has 7 nitrogen and oxygen atoms in total. The van der Waals surface area contributed by atoms with Crippen molar-refractivity contribution in [3.05, 3.63) is 86.8 Å². The fourth-order valence-electron chi connectivity index (χ4n) is 3.38. The van der Waals surface area contributed by atoms with Crippen LogP contribution in [0.25, 0.3) is 0 Å². The van der Waals surface area contributed by atoms with Crippen molar-refractivity contribution in [2.75, 3.05) is 16.4 Å². The third-order valence-electron chi connectivity index (χ3n) is 5.11. The summed E-state index contributed by atoms with van der Waals surface area (Å²) in [6.45, 7) is 2.43. The summed E-state index contributed by atoms with van der Waals surface area (Å²) in [7, 11) is 0. The number of nitrogens with one attached hydrogen (secondary N) is 1. The Kier molecular flexibility index (Phi) is 8.48. The number of nitrogens with zero attached hydrogens (tertiary/aromatic N) is 2. The van der Waals surface area contributed by atoms with E-state index in [0.717, 1.165) is 12.0 Å². The maximum atomic E-state index is 13.9. The molecule has 0 atom stereocenters. The monoisotopic (exact) mass is 470 g/mol. The third kappa shape index (κ3) is 6.13. The van der Waals surface area contributed by atoms with Crippen LogP contribution in [0.3, 0.4) is 0 Å². The number of nitrogen functional groups attached to an aromatic ring is 1. The number of rotatable bonds is 10. The summed E-state index contributed by atoms with van der Waals surface area (Å²) < 4.78 is 15.2. The first-order valence-corrected chi connectivity index (χ1v) is 11.7. The Bertz CT molecular complexity index is 1210. The second kappa shape index (κ2) is 11.5. The maximum Gasteiger partial charge on any atom is 0.330 e. The second-order valence-electron chi connectivity index (χ2n) is 7.49. The minimum atomic E-state index is -0.712. The molecule has 3 rings (SSSR count). The van der Waals surface area contributed by atoms with Gasteiger partial charge >= 0.3 is 5.69 Å². The molecule has 0 saturated carbocycles. The number of unbranched alkanes of at least 4 members (excludes halogenated alkanes) is 1. The van der Waals surface area contributed by atoms with E-state index in [1.54, 1.807) is 18.2 Å². The number of aromatic amines is 1. The minimum Gasteiger partial charge on any atom is -0.383 e. The van der Waals surface area contributed by atoms with Crippen LogP contribution in [0, 0.1) is 5.82 Å². The zero-order valence-corrected chi connectivity index (χ0v) is 19.2. The molecular weight excluding hydrogens is 443 g/mol. The highest BCUT2D eigenvalue weighted by atomic mass is 32.2. The fraction of sp³-hybridized carbons (Fsp3) is 0.292. The quantitative estimate of drug-likeness (QED) is 0.439. The van der Waals surface area contributed by atoms with Crippen molar-refractivity contribution < 1.29 is 9.18 Å². The molecule has 3 aromatic rings. The molecular formula is C24H27FN4O3S. The molecule has 0 saturated heterocycles. The lowest BCUT2D eigenvalue weighted by atomic mass is 10.2. The molecule has 2 aromatic carbocycles. The standard InChI is InChI=1S/C24H27FN4O3S/c1-2-3-14-28-22(26)21(23(31)27-24(28)32)29(16-17-9-5-4-6-10-17)20(30)13-15-33-19-12-8-7-11-18(19)25/h4-12H,2-3,13-16,26H2,1H3,(H,27,31,32). The van der Waals surface area contributed by atoms with E-state index in [-0.39, 0.29) is 36.2 Å². The first kappa shape index (κ1) is 24.3. The summed E-state index contributed by atoms with van der Waals surface area (Å²) in [5.74, 6) is -0.415. The predicted molar refractivity (Wildman–Crippen MR) is 130 cm³/mol. The second-order valence-corrected chi connectivity index (χ2v) is 8.63. The van der Waals surface area contributed by atoms with Crippen LogP contribution in [0.15, 0.2) is 69.1 Å². The van der Waals surface area contributed by atoms with Crippen LogP contribution in [0.2, 0.25) is 0 Å². The molecule has 0 aliphatic carbocycles. The zero-order valence-electron chi connectivity index (χ0n) is 18.4. The number of halogens is 1. The molecule has 0 aliphatic rings. The average molecular weight is 471 g/mol. The van der Waals surface area contributed by atoms with Crippen LogP contribution in [0.5, 0.6) is 0 Å². The van der Waals surface area contributed by atoms with Gasteiger partial charge in [0, 0.05) is 23.6 Å². The van der Waals surface area contributed by atoms with Crippen molar-refractivity contribution in [1.82, 2.24) is 9.55 Å². The van der Waals surface area contributed by atoms with Crippen LogP contribution >= 0.6 is 11.8 Å². The van der Waals surface area contributed by atoms with Gasteiger partial charge in [-0.1, -0.05) is 55.8 Å². The molecule has 174 valence electrons. The number of nitrogens with two attached hydrogens (primary N) is 1. The van der Waals surface area contributed by atoms with Gasteiger partial charge in [0.1, 0.15) is 11.6 Å². The molecule has 0 aliphatic heterocycles. The first-order chi connectivity index (χ1) is 15.9. The van der Waals surface area contributed by atoms with Gasteiger partial charge < -0.3 is 10.6 Å². The molecule has 0 bridgehead atoms. The van der Waals surface area contributed by atoms with Crippen LogP contribution in [-0.4, -0.2) is 21.2 Å². The van der Waals surface area contributed by atoms with E-state index in [9.17, 15) is 18.8 Å². The lowest BCUT2D eigenvalue weighted by Crippen LogP contribution is -2.41. The maximum absolute atomic E-state index is 13.9. The normalized spacial score (nSPS) is 10.8. The Morgan fingerprint density at radius 2 is 1.82 bits per heavy atom. The Hall–Kier alpha value is -3.33. The molecule has 9 heteroatoms. The number of hydrogen-bond donors (Lipinski definition) is 2. The van der Waals surface area contributed by atoms with E-state index in [0.29, 0.717) is 23.6 Å². The minimum absolute atomic E-state index is 0.0387. The number of benzene rings is 2. The summed E-state index contributed by atoms with van der Waals surface area (Å²) in [5, 5.41) is 0. The molecule has 0 radical (unpaired) electrons. The Morgan fingerprint density at radius 3 is 2.52 bits per heavy atom. The number of hydrogen-bond acceptors (Lipinski definition) is 5. The van der Waals surface area contributed by atoms with Gasteiger partial charge in [-0.25, -0.2) is 9.18 Å². The number of aromatic nitrogens is 2. The molecule has 1 aromatic heterocycles. The summed E-state index contributed by atoms with van der Waals surface area (Å²) in [4.78, 5) is 42.4. The van der Waals surface area contributed by atoms with Gasteiger partial charge in [-0.3, -0.25) is 19.1 Å². The molecule has 1 amide bonds. The number of amides is 1. The van der Waals surface area contributed by atoms with E-state index >= 15 is 0 Å². The van der Waals surface area contributed by atoms with Crippen molar-refractivity contribution >= 4 is 29.2 Å². The molecule has 3 N–H and O–H groups in total. The largest absolute Gasteiger partial charge is 0.383 e. The van der Waals surface area contributed by atoms with E-state index in [1.807, 2.05) is 37.3 Å². The van der Waals surface area contributed by atoms with Crippen LogP contribution in [-0.2, 0) is 17.9 Å². The van der Waals surface area contributed by atoms with Crippen molar-refractivity contribution in [3.63, 3.8) is 0 Å². The molecule has 33 heavy (non-hydrogen) atoms. The van der Waals surface area contributed by atoms with E-state index in [1.165, 1.54) is 27.3 Å². The highest BCUT2D eigenvalue weighted by Crippen LogP contribution is 2.24. The number of carbonyl (C=O) groups excluding carboxylic acids is 1. The van der Waals surface area contributed by atoms with E-state index in [4.69, 9.17) is 5.73 Å². The topological polar surface area (TPSA) is 101 Å². The van der Waals surface area contributed by atoms with Gasteiger partial charge in [0.05, 0.1) is 6.54 Å². The lowest BCUT2D eigenvalue weighted by molar-refractivity contribution is -0.118. The van der Waals surface area contributed by atoms with Crippen molar-refractivity contribution in [2.24, 2.45) is 0 Å². The number of thioether (sulfide) groups is 1. The molecule has 0 fully saturated rings. The summed E-state index contributed by atoms with van der Waals surface area (Å²) >= 11 is 1.22. The highest BCUT2D eigenvalue weighted by Gasteiger charge is 2.24. The number of H-pyrrole nitrogens is 1. The van der Waals surface area contributed by atoms with Gasteiger partial charge in [0.2, 0.25) is 5.91 Å². The molecule has 0 spiro atoms. The highest BCUT2D eigenvalue weighted by molar-refractivity contribution is 7.99. The Balaban J connectivity index is 1.91. The van der Waals surface area contributed by atoms with Gasteiger partial charge in [0.25, 0.3) is 5.56 Å². The van der Waals surface area contributed by atoms with Gasteiger partial charge in [-0.15, -0.1) is 11.8 Å². The number of anilines is 2. The van der Waals surface area contributed by atoms with E-state index in [2.05, 4.69) is 4.98 Å². The van der Waals surface area contributed by atoms with Crippen molar-refractivity contribution in [2.45, 2.75) is 44.2 Å². The SMILES string of the molecule is CCCCn1c(N)c(N(Cc2ccccc2)C(=O)CCSc2ccccc2F)c(=O)[nH]c1=O. The predicted octanol–water partition coefficient (Wildman–Crippen LogP) is 3.77. The van der Waals surface area contributed by atoms with Gasteiger partial charge in [-0.2, -0.15) is 0 Å². The van der Waals surface area contributed by atoms with E-state index < -0.39 is 11.2 Å². The summed E-state index contributed by atoms with van der Waals surface area (Å²) in [6.07, 6.45) is 1.58. The lowest BCUT2D eigenvalue weighted by Gasteiger charge is -2.25. The van der Waals surface area contributed by atoms with Crippen LogP contribution < -0.4 is 21.9 Å². The van der Waals surface area contributed by atoms with Crippen LogP contribution in [0.1, 0.15) is 31.7 Å². The average Bonchev–Trinajstić information content (AvgIpc) is 2.80. The molecule has 0 unspecified atom stereocenters. The zero-order chi connectivity index (χ0) is 23.8. The molecule has 1 heterocycles. The summed E-state index contributed by atoms with van der Waals surface area (Å²) in [6, 6.07) is 15.6. The Morgan fingerprint density at radius 1 is 1.12 bits per heavy atom. The summed E-state index contributed by atoms with van der Waals surface area (Å²) in [5.41, 5.74) is 5.70. The smallest absolute Gasteiger partial charge is 0.330 e. The Labute approximate surface area is 195 Å². The van der Waals surface area contributed by atoms with Crippen molar-refractivity contribution in [1.29, 1.82) is 0 Å². The first-order valence-electron chi connectivity index (χ1n) is 10.8. The van der Waals surface area contributed by atoms with Gasteiger partial charge in [-0.05, 0) is 24.1 Å². The van der Waals surface area contributed by atoms with Crippen LogP contribution in [0.4, 0.5) is 15.9 Å². The van der Waals surface area contributed by atoms with Gasteiger partial charge in [0.15, 0.2) is 5.69 Å². The third-order valence-corrected chi connectivity index (χ3v) is 6.16. The van der Waals surface area contributed by atoms with Crippen molar-refractivity contribution in [3.8, 4) is 0 Å².